The van der Waals surface area contributed by atoms with Gasteiger partial charge in [-0.2, -0.15) is 18.3 Å². The average Bonchev–Trinajstić information content (AvgIpc) is 2.77. The molecule has 22 heavy (non-hydrogen) atoms. The molecule has 2 rings (SSSR count). The lowest BCUT2D eigenvalue weighted by Crippen LogP contribution is -2.19. The van der Waals surface area contributed by atoms with Gasteiger partial charge in [0.05, 0.1) is 5.69 Å². The van der Waals surface area contributed by atoms with Gasteiger partial charge in [0.2, 0.25) is 0 Å². The van der Waals surface area contributed by atoms with Crippen molar-refractivity contribution in [1.82, 2.24) is 15.5 Å². The monoisotopic (exact) mass is 313 g/mol. The van der Waals surface area contributed by atoms with Crippen molar-refractivity contribution in [3.8, 4) is 5.75 Å². The van der Waals surface area contributed by atoms with Gasteiger partial charge in [-0.1, -0.05) is 12.1 Å². The predicted octanol–water partition coefficient (Wildman–Crippen LogP) is 3.26. The van der Waals surface area contributed by atoms with Gasteiger partial charge in [0.15, 0.2) is 6.61 Å². The fraction of sp³-hybridized carbons (Fsp3) is 0.400. The third-order valence-electron chi connectivity index (χ3n) is 3.24. The molecular weight excluding hydrogens is 295 g/mol. The van der Waals surface area contributed by atoms with E-state index in [1.54, 1.807) is 12.1 Å². The molecule has 120 valence electrons. The summed E-state index contributed by atoms with van der Waals surface area (Å²) in [7, 11) is 0. The van der Waals surface area contributed by atoms with Gasteiger partial charge in [0, 0.05) is 24.3 Å². The summed E-state index contributed by atoms with van der Waals surface area (Å²) in [6.45, 7) is 3.92. The van der Waals surface area contributed by atoms with Crippen molar-refractivity contribution in [1.29, 1.82) is 0 Å². The number of nitrogens with zero attached hydrogens (tertiary/aromatic N) is 1. The van der Waals surface area contributed by atoms with Crippen LogP contribution in [0.5, 0.6) is 5.75 Å². The summed E-state index contributed by atoms with van der Waals surface area (Å²) in [6, 6.07) is 6.57. The van der Waals surface area contributed by atoms with Crippen LogP contribution in [-0.2, 0) is 13.1 Å². The molecule has 0 saturated heterocycles. The number of nitrogens with one attached hydrogen (secondary N) is 2. The van der Waals surface area contributed by atoms with E-state index in [1.807, 2.05) is 13.8 Å². The Morgan fingerprint density at radius 2 is 1.82 bits per heavy atom. The summed E-state index contributed by atoms with van der Waals surface area (Å²) in [5, 5.41) is 10.3. The second-order valence-electron chi connectivity index (χ2n) is 5.06. The molecular formula is C15H18F3N3O. The Bertz CT molecular complexity index is 586. The Kier molecular flexibility index (Phi) is 5.07. The third kappa shape index (κ3) is 4.77. The van der Waals surface area contributed by atoms with E-state index in [2.05, 4.69) is 20.3 Å². The summed E-state index contributed by atoms with van der Waals surface area (Å²) < 4.78 is 40.8. The Morgan fingerprint density at radius 1 is 1.14 bits per heavy atom. The topological polar surface area (TPSA) is 49.9 Å². The van der Waals surface area contributed by atoms with Crippen LogP contribution in [0.2, 0.25) is 0 Å². The fourth-order valence-electron chi connectivity index (χ4n) is 2.04. The third-order valence-corrected chi connectivity index (χ3v) is 3.24. The first-order valence-corrected chi connectivity index (χ1v) is 6.85. The largest absolute Gasteiger partial charge is 0.484 e. The number of halogens is 3. The van der Waals surface area contributed by atoms with Crippen LogP contribution < -0.4 is 10.1 Å². The maximum Gasteiger partial charge on any atom is 0.422 e. The van der Waals surface area contributed by atoms with Crippen LogP contribution in [0.3, 0.4) is 0 Å². The zero-order chi connectivity index (χ0) is 16.2. The molecule has 1 heterocycles. The van der Waals surface area contributed by atoms with Gasteiger partial charge in [0.25, 0.3) is 0 Å². The number of ether oxygens (including phenoxy) is 1. The van der Waals surface area contributed by atoms with E-state index < -0.39 is 12.8 Å². The number of aromatic nitrogens is 2. The van der Waals surface area contributed by atoms with Gasteiger partial charge >= 0.3 is 6.18 Å². The number of hydrogen-bond donors (Lipinski definition) is 2. The molecule has 0 radical (unpaired) electrons. The van der Waals surface area contributed by atoms with Crippen LogP contribution in [0.1, 0.15) is 22.5 Å². The molecule has 7 heteroatoms. The molecule has 0 spiro atoms. The van der Waals surface area contributed by atoms with E-state index in [-0.39, 0.29) is 5.75 Å². The molecule has 2 aromatic rings. The van der Waals surface area contributed by atoms with Gasteiger partial charge in [-0.3, -0.25) is 5.10 Å². The molecule has 0 bridgehead atoms. The Labute approximate surface area is 126 Å². The first-order valence-electron chi connectivity index (χ1n) is 6.85. The second-order valence-corrected chi connectivity index (χ2v) is 5.06. The van der Waals surface area contributed by atoms with Crippen LogP contribution in [0, 0.1) is 13.8 Å². The fourth-order valence-corrected chi connectivity index (χ4v) is 2.04. The van der Waals surface area contributed by atoms with Crippen molar-refractivity contribution in [3.63, 3.8) is 0 Å². The molecule has 4 nitrogen and oxygen atoms in total. The summed E-state index contributed by atoms with van der Waals surface area (Å²) in [5.41, 5.74) is 4.09. The maximum atomic E-state index is 12.0. The molecule has 0 fully saturated rings. The summed E-state index contributed by atoms with van der Waals surface area (Å²) >= 11 is 0. The number of rotatable bonds is 6. The van der Waals surface area contributed by atoms with Gasteiger partial charge in [0.1, 0.15) is 5.75 Å². The van der Waals surface area contributed by atoms with E-state index >= 15 is 0 Å². The minimum absolute atomic E-state index is 0.211. The van der Waals surface area contributed by atoms with E-state index in [0.29, 0.717) is 13.1 Å². The van der Waals surface area contributed by atoms with E-state index in [4.69, 9.17) is 0 Å². The van der Waals surface area contributed by atoms with Crippen molar-refractivity contribution in [2.45, 2.75) is 33.1 Å². The van der Waals surface area contributed by atoms with Crippen molar-refractivity contribution < 1.29 is 17.9 Å². The zero-order valence-electron chi connectivity index (χ0n) is 12.4. The molecule has 2 N–H and O–H groups in total. The minimum atomic E-state index is -4.32. The zero-order valence-corrected chi connectivity index (χ0v) is 12.4. The molecule has 0 aliphatic rings. The molecule has 0 amide bonds. The van der Waals surface area contributed by atoms with Crippen molar-refractivity contribution in [2.24, 2.45) is 0 Å². The first-order chi connectivity index (χ1) is 10.3. The molecule has 1 aromatic carbocycles. The lowest BCUT2D eigenvalue weighted by Gasteiger charge is -2.10. The van der Waals surface area contributed by atoms with Gasteiger partial charge in [-0.15, -0.1) is 0 Å². The van der Waals surface area contributed by atoms with Crippen LogP contribution in [0.4, 0.5) is 13.2 Å². The number of aromatic amines is 1. The van der Waals surface area contributed by atoms with Crippen LogP contribution in [0.25, 0.3) is 0 Å². The highest BCUT2D eigenvalue weighted by molar-refractivity contribution is 5.27. The summed E-state index contributed by atoms with van der Waals surface area (Å²) in [6.07, 6.45) is -4.32. The van der Waals surface area contributed by atoms with E-state index in [9.17, 15) is 13.2 Å². The van der Waals surface area contributed by atoms with Crippen molar-refractivity contribution in [3.05, 3.63) is 46.8 Å². The average molecular weight is 313 g/mol. The summed E-state index contributed by atoms with van der Waals surface area (Å²) in [5.74, 6) is 0.211. The van der Waals surface area contributed by atoms with Crippen LogP contribution in [0.15, 0.2) is 24.3 Å². The standard InChI is InChI=1S/C15H18F3N3O/c1-10-14(11(2)21-20-10)8-19-7-12-3-5-13(6-4-12)22-9-15(16,17)18/h3-6,19H,7-9H2,1-2H3,(H,20,21). The van der Waals surface area contributed by atoms with Crippen molar-refractivity contribution in [2.75, 3.05) is 6.61 Å². The summed E-state index contributed by atoms with van der Waals surface area (Å²) in [4.78, 5) is 0. The number of alkyl halides is 3. The second kappa shape index (κ2) is 6.83. The smallest absolute Gasteiger partial charge is 0.422 e. The van der Waals surface area contributed by atoms with Gasteiger partial charge in [-0.05, 0) is 31.5 Å². The Morgan fingerprint density at radius 3 is 2.36 bits per heavy atom. The molecule has 0 unspecified atom stereocenters. The predicted molar refractivity (Wildman–Crippen MR) is 76.6 cm³/mol. The molecule has 0 atom stereocenters. The number of aryl methyl sites for hydroxylation is 2. The SMILES string of the molecule is Cc1n[nH]c(C)c1CNCc1ccc(OCC(F)(F)F)cc1. The number of benzene rings is 1. The normalized spacial score (nSPS) is 11.7. The van der Waals surface area contributed by atoms with E-state index in [1.165, 1.54) is 12.1 Å². The molecule has 0 saturated carbocycles. The highest BCUT2D eigenvalue weighted by Crippen LogP contribution is 2.19. The molecule has 0 aliphatic heterocycles. The molecule has 0 aliphatic carbocycles. The van der Waals surface area contributed by atoms with Gasteiger partial charge in [-0.25, -0.2) is 0 Å². The lowest BCUT2D eigenvalue weighted by atomic mass is 10.2. The molecule has 1 aromatic heterocycles. The van der Waals surface area contributed by atoms with Crippen LogP contribution >= 0.6 is 0 Å². The number of hydrogen-bond acceptors (Lipinski definition) is 3. The minimum Gasteiger partial charge on any atom is -0.484 e. The number of H-pyrrole nitrogens is 1. The van der Waals surface area contributed by atoms with Crippen molar-refractivity contribution >= 4 is 0 Å². The Balaban J connectivity index is 1.82. The van der Waals surface area contributed by atoms with E-state index in [0.717, 1.165) is 22.5 Å². The van der Waals surface area contributed by atoms with Gasteiger partial charge < -0.3 is 10.1 Å². The highest BCUT2D eigenvalue weighted by Gasteiger charge is 2.28. The maximum absolute atomic E-state index is 12.0. The first kappa shape index (κ1) is 16.4. The highest BCUT2D eigenvalue weighted by atomic mass is 19.4. The lowest BCUT2D eigenvalue weighted by molar-refractivity contribution is -0.153. The quantitative estimate of drug-likeness (QED) is 0.860. The van der Waals surface area contributed by atoms with Crippen LogP contribution in [-0.4, -0.2) is 23.0 Å². The Hall–Kier alpha value is -2.02.